The fourth-order valence-corrected chi connectivity index (χ4v) is 3.86. The maximum absolute atomic E-state index is 12.8. The lowest BCUT2D eigenvalue weighted by molar-refractivity contribution is -0.148. The van der Waals surface area contributed by atoms with Crippen LogP contribution in [0.25, 0.3) is 0 Å². The SMILES string of the molecule is Cc1cc2c(nc1NC(=O)C(OC=O)C(C)(C)C)CCCN2Cc1ccc(C(F)(F)F)cc1. The third-order valence-corrected chi connectivity index (χ3v) is 5.56. The first-order valence-corrected chi connectivity index (χ1v) is 10.7. The molecule has 1 unspecified atom stereocenters. The highest BCUT2D eigenvalue weighted by Crippen LogP contribution is 2.33. The number of fused-ring (bicyclic) bond motifs is 1. The van der Waals surface area contributed by atoms with Crippen molar-refractivity contribution in [3.8, 4) is 0 Å². The molecule has 2 aromatic rings. The van der Waals surface area contributed by atoms with Crippen LogP contribution in [0.5, 0.6) is 0 Å². The number of rotatable bonds is 6. The van der Waals surface area contributed by atoms with Crippen molar-refractivity contribution >= 4 is 23.9 Å². The number of carbonyl (C=O) groups excluding carboxylic acids is 2. The molecule has 2 heterocycles. The van der Waals surface area contributed by atoms with E-state index >= 15 is 0 Å². The summed E-state index contributed by atoms with van der Waals surface area (Å²) in [7, 11) is 0. The number of pyridine rings is 1. The number of carbonyl (C=O) groups is 2. The lowest BCUT2D eigenvalue weighted by atomic mass is 9.88. The molecule has 0 saturated carbocycles. The molecule has 0 saturated heterocycles. The molecular weight excluding hydrogens is 435 g/mol. The van der Waals surface area contributed by atoms with Crippen molar-refractivity contribution in [3.05, 3.63) is 52.7 Å². The molecule has 0 spiro atoms. The Morgan fingerprint density at radius 1 is 1.24 bits per heavy atom. The number of nitrogens with zero attached hydrogens (tertiary/aromatic N) is 2. The van der Waals surface area contributed by atoms with Gasteiger partial charge in [-0.25, -0.2) is 4.98 Å². The zero-order valence-electron chi connectivity index (χ0n) is 19.1. The van der Waals surface area contributed by atoms with E-state index < -0.39 is 29.2 Å². The molecule has 0 fully saturated rings. The Labute approximate surface area is 191 Å². The summed E-state index contributed by atoms with van der Waals surface area (Å²) in [6.07, 6.45) is -3.78. The normalized spacial score (nSPS) is 14.9. The van der Waals surface area contributed by atoms with Crippen LogP contribution < -0.4 is 10.2 Å². The molecule has 0 bridgehead atoms. The third kappa shape index (κ3) is 5.83. The Balaban J connectivity index is 1.80. The predicted molar refractivity (Wildman–Crippen MR) is 119 cm³/mol. The van der Waals surface area contributed by atoms with Crippen molar-refractivity contribution in [2.75, 3.05) is 16.8 Å². The molecule has 9 heteroatoms. The van der Waals surface area contributed by atoms with Crippen molar-refractivity contribution in [3.63, 3.8) is 0 Å². The van der Waals surface area contributed by atoms with Crippen molar-refractivity contribution in [1.82, 2.24) is 4.98 Å². The average molecular weight is 464 g/mol. The second-order valence-corrected chi connectivity index (χ2v) is 9.31. The summed E-state index contributed by atoms with van der Waals surface area (Å²) in [4.78, 5) is 30.3. The van der Waals surface area contributed by atoms with E-state index in [4.69, 9.17) is 4.74 Å². The minimum absolute atomic E-state index is 0.266. The smallest absolute Gasteiger partial charge is 0.416 e. The van der Waals surface area contributed by atoms with E-state index in [1.807, 2.05) is 13.0 Å². The quantitative estimate of drug-likeness (QED) is 0.618. The number of halogens is 3. The molecule has 0 aliphatic carbocycles. The van der Waals surface area contributed by atoms with Crippen molar-refractivity contribution in [2.24, 2.45) is 5.41 Å². The summed E-state index contributed by atoms with van der Waals surface area (Å²) < 4.78 is 43.5. The van der Waals surface area contributed by atoms with Crippen LogP contribution in [0.1, 0.15) is 49.6 Å². The summed E-state index contributed by atoms with van der Waals surface area (Å²) >= 11 is 0. The summed E-state index contributed by atoms with van der Waals surface area (Å²) in [5.74, 6) is -0.0542. The predicted octanol–water partition coefficient (Wildman–Crippen LogP) is 4.89. The van der Waals surface area contributed by atoms with Crippen LogP contribution in [-0.2, 0) is 33.5 Å². The van der Waals surface area contributed by atoms with Crippen LogP contribution in [-0.4, -0.2) is 30.0 Å². The van der Waals surface area contributed by atoms with E-state index in [0.29, 0.717) is 12.4 Å². The molecule has 1 aromatic carbocycles. The molecule has 3 rings (SSSR count). The molecule has 178 valence electrons. The molecule has 6 nitrogen and oxygen atoms in total. The van der Waals surface area contributed by atoms with E-state index in [1.165, 1.54) is 12.1 Å². The average Bonchev–Trinajstić information content (AvgIpc) is 2.72. The number of alkyl halides is 3. The fourth-order valence-electron chi connectivity index (χ4n) is 3.86. The standard InChI is InChI=1S/C24H28F3N3O3/c1-15-12-19-18(28-21(15)29-22(32)20(33-14-31)23(2,3)4)6-5-11-30(19)13-16-7-9-17(10-8-16)24(25,26)27/h7-10,12,14,20H,5-6,11,13H2,1-4H3,(H,28,29,32). The zero-order valence-corrected chi connectivity index (χ0v) is 19.1. The number of benzene rings is 1. The number of nitrogens with one attached hydrogen (secondary N) is 1. The lowest BCUT2D eigenvalue weighted by Gasteiger charge is -2.32. The molecule has 1 N–H and O–H groups in total. The summed E-state index contributed by atoms with van der Waals surface area (Å²) in [6, 6.07) is 7.09. The van der Waals surface area contributed by atoms with Gasteiger partial charge < -0.3 is 15.0 Å². The number of anilines is 2. The number of amides is 1. The van der Waals surface area contributed by atoms with E-state index in [-0.39, 0.29) is 6.47 Å². The summed E-state index contributed by atoms with van der Waals surface area (Å²) in [5, 5.41) is 2.78. The van der Waals surface area contributed by atoms with Gasteiger partial charge in [-0.2, -0.15) is 13.2 Å². The fraction of sp³-hybridized carbons (Fsp3) is 0.458. The highest BCUT2D eigenvalue weighted by molar-refractivity contribution is 5.95. The minimum Gasteiger partial charge on any atom is -0.454 e. The maximum Gasteiger partial charge on any atom is 0.416 e. The van der Waals surface area contributed by atoms with Gasteiger partial charge in [0.25, 0.3) is 12.4 Å². The lowest BCUT2D eigenvalue weighted by Crippen LogP contribution is -2.41. The Bertz CT molecular complexity index is 1010. The van der Waals surface area contributed by atoms with E-state index in [9.17, 15) is 22.8 Å². The van der Waals surface area contributed by atoms with Gasteiger partial charge >= 0.3 is 6.18 Å². The van der Waals surface area contributed by atoms with E-state index in [0.717, 1.165) is 54.0 Å². The van der Waals surface area contributed by atoms with Gasteiger partial charge in [-0.15, -0.1) is 0 Å². The number of hydrogen-bond acceptors (Lipinski definition) is 5. The summed E-state index contributed by atoms with van der Waals surface area (Å²) in [5.41, 5.74) is 1.94. The maximum atomic E-state index is 12.8. The molecule has 0 radical (unpaired) electrons. The number of aryl methyl sites for hydroxylation is 2. The van der Waals surface area contributed by atoms with Crippen LogP contribution >= 0.6 is 0 Å². The number of ether oxygens (including phenoxy) is 1. The third-order valence-electron chi connectivity index (χ3n) is 5.56. The number of hydrogen-bond donors (Lipinski definition) is 1. The molecule has 1 amide bonds. The second-order valence-electron chi connectivity index (χ2n) is 9.31. The van der Waals surface area contributed by atoms with Gasteiger partial charge in [0.1, 0.15) is 5.82 Å². The van der Waals surface area contributed by atoms with E-state index in [1.54, 1.807) is 20.8 Å². The van der Waals surface area contributed by atoms with Gasteiger partial charge in [-0.1, -0.05) is 32.9 Å². The van der Waals surface area contributed by atoms with Crippen molar-refractivity contribution < 1.29 is 27.5 Å². The topological polar surface area (TPSA) is 71.5 Å². The Morgan fingerprint density at radius 3 is 2.48 bits per heavy atom. The molecular formula is C24H28F3N3O3. The molecule has 33 heavy (non-hydrogen) atoms. The van der Waals surface area contributed by atoms with E-state index in [2.05, 4.69) is 15.2 Å². The minimum atomic E-state index is -4.36. The molecule has 1 aliphatic rings. The zero-order chi connectivity index (χ0) is 24.4. The van der Waals surface area contributed by atoms with Gasteiger partial charge in [0.05, 0.1) is 16.9 Å². The number of aromatic nitrogens is 1. The molecule has 1 aromatic heterocycles. The van der Waals surface area contributed by atoms with Crippen LogP contribution in [0.4, 0.5) is 24.7 Å². The second kappa shape index (κ2) is 9.41. The van der Waals surface area contributed by atoms with Gasteiger partial charge in [-0.05, 0) is 49.1 Å². The van der Waals surface area contributed by atoms with Crippen LogP contribution in [0.2, 0.25) is 0 Å². The van der Waals surface area contributed by atoms with Crippen LogP contribution in [0.3, 0.4) is 0 Å². The molecule has 1 aliphatic heterocycles. The van der Waals surface area contributed by atoms with Gasteiger partial charge in [-0.3, -0.25) is 9.59 Å². The highest BCUT2D eigenvalue weighted by atomic mass is 19.4. The van der Waals surface area contributed by atoms with Crippen LogP contribution in [0, 0.1) is 12.3 Å². The van der Waals surface area contributed by atoms with Gasteiger partial charge in [0.15, 0.2) is 6.10 Å². The molecule has 1 atom stereocenters. The highest BCUT2D eigenvalue weighted by Gasteiger charge is 2.34. The first kappa shape index (κ1) is 24.5. The monoisotopic (exact) mass is 463 g/mol. The Morgan fingerprint density at radius 2 is 1.91 bits per heavy atom. The van der Waals surface area contributed by atoms with Gasteiger partial charge in [0.2, 0.25) is 0 Å². The Hall–Kier alpha value is -3.10. The first-order chi connectivity index (χ1) is 15.4. The van der Waals surface area contributed by atoms with Gasteiger partial charge in [0, 0.05) is 18.5 Å². The van der Waals surface area contributed by atoms with Crippen LogP contribution in [0.15, 0.2) is 30.3 Å². The summed E-state index contributed by atoms with van der Waals surface area (Å²) in [6.45, 7) is 8.69. The van der Waals surface area contributed by atoms with Crippen molar-refractivity contribution in [1.29, 1.82) is 0 Å². The largest absolute Gasteiger partial charge is 0.454 e. The first-order valence-electron chi connectivity index (χ1n) is 10.7. The van der Waals surface area contributed by atoms with Crippen molar-refractivity contribution in [2.45, 2.75) is 59.4 Å². The Kier molecular flexibility index (Phi) is 7.00.